The maximum Gasteiger partial charge on any atom is 0.494 e. The molecule has 0 bridgehead atoms. The average Bonchev–Trinajstić information content (AvgIpc) is 3.05. The number of methoxy groups -OCH3 is 1. The Morgan fingerprint density at radius 3 is 2.57 bits per heavy atom. The number of rotatable bonds is 4. The standard InChI is InChI=1S/C17H19BO3/c1-13(19-2)15-10-6-7-11-16(15)18-20-12-17(21-18)14-8-4-3-5-9-14/h3-11,13,17H,12H2,1-2H3/t13-,17+/m1/s1. The van der Waals surface area contributed by atoms with Crippen LogP contribution >= 0.6 is 0 Å². The number of benzene rings is 2. The number of ether oxygens (including phenoxy) is 1. The quantitative estimate of drug-likeness (QED) is 0.807. The van der Waals surface area contributed by atoms with Gasteiger partial charge in [0.25, 0.3) is 0 Å². The van der Waals surface area contributed by atoms with Crippen LogP contribution in [0.1, 0.15) is 30.3 Å². The molecule has 1 fully saturated rings. The van der Waals surface area contributed by atoms with Crippen molar-refractivity contribution < 1.29 is 14.0 Å². The molecule has 0 aliphatic carbocycles. The fourth-order valence-electron chi connectivity index (χ4n) is 2.63. The van der Waals surface area contributed by atoms with Crippen LogP contribution in [-0.4, -0.2) is 20.8 Å². The molecule has 2 aromatic rings. The Bertz CT molecular complexity index is 588. The van der Waals surface area contributed by atoms with Crippen molar-refractivity contribution in [1.29, 1.82) is 0 Å². The van der Waals surface area contributed by atoms with E-state index in [0.29, 0.717) is 6.61 Å². The summed E-state index contributed by atoms with van der Waals surface area (Å²) >= 11 is 0. The molecule has 4 heteroatoms. The van der Waals surface area contributed by atoms with Crippen LogP contribution in [-0.2, 0) is 14.0 Å². The molecule has 0 unspecified atom stereocenters. The molecule has 0 spiro atoms. The summed E-state index contributed by atoms with van der Waals surface area (Å²) in [4.78, 5) is 0. The van der Waals surface area contributed by atoms with Crippen molar-refractivity contribution in [2.75, 3.05) is 13.7 Å². The minimum absolute atomic E-state index is 0.0119. The zero-order valence-corrected chi connectivity index (χ0v) is 12.4. The van der Waals surface area contributed by atoms with Crippen LogP contribution in [0.4, 0.5) is 0 Å². The molecule has 0 amide bonds. The summed E-state index contributed by atoms with van der Waals surface area (Å²) < 4.78 is 17.4. The summed E-state index contributed by atoms with van der Waals surface area (Å²) in [5, 5.41) is 0. The van der Waals surface area contributed by atoms with E-state index in [2.05, 4.69) is 18.2 Å². The SMILES string of the molecule is CO[C@H](C)c1ccccc1B1OC[C@@H](c2ccccc2)O1. The molecule has 0 N–H and O–H groups in total. The lowest BCUT2D eigenvalue weighted by molar-refractivity contribution is 0.120. The van der Waals surface area contributed by atoms with Crippen molar-refractivity contribution in [2.45, 2.75) is 19.1 Å². The normalized spacial score (nSPS) is 19.7. The maximum atomic E-state index is 6.09. The average molecular weight is 282 g/mol. The lowest BCUT2D eigenvalue weighted by Gasteiger charge is -2.16. The van der Waals surface area contributed by atoms with Crippen LogP contribution in [0.3, 0.4) is 0 Å². The Morgan fingerprint density at radius 2 is 1.81 bits per heavy atom. The highest BCUT2D eigenvalue weighted by atomic mass is 16.6. The predicted octanol–water partition coefficient (Wildman–Crippen LogP) is 2.88. The third-order valence-electron chi connectivity index (χ3n) is 3.90. The van der Waals surface area contributed by atoms with E-state index in [0.717, 1.165) is 16.6 Å². The van der Waals surface area contributed by atoms with Crippen molar-refractivity contribution in [1.82, 2.24) is 0 Å². The van der Waals surface area contributed by atoms with E-state index in [4.69, 9.17) is 14.0 Å². The van der Waals surface area contributed by atoms with Crippen LogP contribution in [0.2, 0.25) is 0 Å². The Labute approximate surface area is 126 Å². The molecule has 108 valence electrons. The van der Waals surface area contributed by atoms with Gasteiger partial charge < -0.3 is 14.0 Å². The molecule has 21 heavy (non-hydrogen) atoms. The van der Waals surface area contributed by atoms with E-state index < -0.39 is 0 Å². The molecule has 1 aliphatic rings. The van der Waals surface area contributed by atoms with Gasteiger partial charge in [-0.1, -0.05) is 54.6 Å². The van der Waals surface area contributed by atoms with Gasteiger partial charge in [0.1, 0.15) is 0 Å². The van der Waals surface area contributed by atoms with Crippen LogP contribution in [0.25, 0.3) is 0 Å². The van der Waals surface area contributed by atoms with Gasteiger partial charge in [0.05, 0.1) is 18.8 Å². The molecule has 0 radical (unpaired) electrons. The van der Waals surface area contributed by atoms with E-state index in [-0.39, 0.29) is 19.3 Å². The van der Waals surface area contributed by atoms with Crippen LogP contribution in [0.15, 0.2) is 54.6 Å². The fourth-order valence-corrected chi connectivity index (χ4v) is 2.63. The molecule has 2 atom stereocenters. The molecule has 3 nitrogen and oxygen atoms in total. The Hall–Kier alpha value is -1.62. The molecule has 0 saturated carbocycles. The topological polar surface area (TPSA) is 27.7 Å². The van der Waals surface area contributed by atoms with Gasteiger partial charge in [-0.05, 0) is 23.5 Å². The largest absolute Gasteiger partial charge is 0.494 e. The molecule has 1 saturated heterocycles. The summed E-state index contributed by atoms with van der Waals surface area (Å²) in [6.45, 7) is 2.60. The monoisotopic (exact) mass is 282 g/mol. The third-order valence-corrected chi connectivity index (χ3v) is 3.90. The first-order chi connectivity index (χ1) is 10.3. The highest BCUT2D eigenvalue weighted by molar-refractivity contribution is 6.62. The summed E-state index contributed by atoms with van der Waals surface area (Å²) in [6, 6.07) is 18.3. The molecule has 1 aliphatic heterocycles. The Kier molecular flexibility index (Phi) is 4.39. The number of hydrogen-bond acceptors (Lipinski definition) is 3. The second kappa shape index (κ2) is 6.44. The van der Waals surface area contributed by atoms with Crippen molar-refractivity contribution in [3.63, 3.8) is 0 Å². The Morgan fingerprint density at radius 1 is 1.10 bits per heavy atom. The minimum Gasteiger partial charge on any atom is -0.404 e. The lowest BCUT2D eigenvalue weighted by Crippen LogP contribution is -2.35. The lowest BCUT2D eigenvalue weighted by atomic mass is 9.75. The van der Waals surface area contributed by atoms with Crippen LogP contribution in [0.5, 0.6) is 0 Å². The molecule has 3 rings (SSSR count). The summed E-state index contributed by atoms with van der Waals surface area (Å²) in [7, 11) is 1.38. The van der Waals surface area contributed by atoms with Gasteiger partial charge in [0.15, 0.2) is 0 Å². The third kappa shape index (κ3) is 3.03. The van der Waals surface area contributed by atoms with E-state index in [1.165, 1.54) is 0 Å². The first kappa shape index (κ1) is 14.3. The minimum atomic E-state index is -0.330. The van der Waals surface area contributed by atoms with Gasteiger partial charge in [-0.25, -0.2) is 0 Å². The zero-order chi connectivity index (χ0) is 14.7. The second-order valence-electron chi connectivity index (χ2n) is 5.21. The van der Waals surface area contributed by atoms with Gasteiger partial charge in [0, 0.05) is 7.11 Å². The van der Waals surface area contributed by atoms with Gasteiger partial charge in [0.2, 0.25) is 0 Å². The predicted molar refractivity (Wildman–Crippen MR) is 83.5 cm³/mol. The van der Waals surface area contributed by atoms with Gasteiger partial charge in [-0.3, -0.25) is 0 Å². The van der Waals surface area contributed by atoms with Gasteiger partial charge in [-0.15, -0.1) is 0 Å². The van der Waals surface area contributed by atoms with E-state index in [1.54, 1.807) is 7.11 Å². The molecule has 1 heterocycles. The number of hydrogen-bond donors (Lipinski definition) is 0. The van der Waals surface area contributed by atoms with Crippen molar-refractivity contribution in [3.8, 4) is 0 Å². The van der Waals surface area contributed by atoms with E-state index in [9.17, 15) is 0 Å². The maximum absolute atomic E-state index is 6.09. The van der Waals surface area contributed by atoms with Crippen molar-refractivity contribution in [2.24, 2.45) is 0 Å². The molecule has 2 aromatic carbocycles. The van der Waals surface area contributed by atoms with Crippen molar-refractivity contribution in [3.05, 3.63) is 65.7 Å². The summed E-state index contributed by atoms with van der Waals surface area (Å²) in [6.07, 6.45) is 0.00582. The molecular weight excluding hydrogens is 263 g/mol. The summed E-state index contributed by atoms with van der Waals surface area (Å²) in [5.74, 6) is 0. The second-order valence-corrected chi connectivity index (χ2v) is 5.21. The highest BCUT2D eigenvalue weighted by Gasteiger charge is 2.35. The van der Waals surface area contributed by atoms with E-state index in [1.807, 2.05) is 43.3 Å². The first-order valence-electron chi connectivity index (χ1n) is 7.23. The molecule has 0 aromatic heterocycles. The first-order valence-corrected chi connectivity index (χ1v) is 7.23. The summed E-state index contributed by atoms with van der Waals surface area (Å²) in [5.41, 5.74) is 3.31. The zero-order valence-electron chi connectivity index (χ0n) is 12.4. The van der Waals surface area contributed by atoms with Crippen LogP contribution < -0.4 is 5.46 Å². The van der Waals surface area contributed by atoms with E-state index >= 15 is 0 Å². The van der Waals surface area contributed by atoms with Gasteiger partial charge in [-0.2, -0.15) is 0 Å². The van der Waals surface area contributed by atoms with Gasteiger partial charge >= 0.3 is 7.12 Å². The smallest absolute Gasteiger partial charge is 0.404 e. The molecular formula is C17H19BO3. The Balaban J connectivity index is 1.81. The van der Waals surface area contributed by atoms with Crippen molar-refractivity contribution >= 4 is 12.6 Å². The highest BCUT2D eigenvalue weighted by Crippen LogP contribution is 2.26. The fraction of sp³-hybridized carbons (Fsp3) is 0.294. The van der Waals surface area contributed by atoms with Crippen LogP contribution in [0, 0.1) is 0 Å².